The first-order valence-corrected chi connectivity index (χ1v) is 11.8. The van der Waals surface area contributed by atoms with Crippen LogP contribution in [0.5, 0.6) is 5.75 Å². The zero-order chi connectivity index (χ0) is 24.9. The second kappa shape index (κ2) is 10.5. The summed E-state index contributed by atoms with van der Waals surface area (Å²) in [6.45, 7) is 3.12. The maximum Gasteiger partial charge on any atom is 0.335 e. The molecule has 2 heterocycles. The molecular formula is C26H22N4O4S. The molecule has 3 N–H and O–H groups in total. The number of nitriles is 2. The maximum absolute atomic E-state index is 11.3. The Balaban J connectivity index is 1.70. The lowest BCUT2D eigenvalue weighted by Gasteiger charge is -2.17. The van der Waals surface area contributed by atoms with E-state index in [1.54, 1.807) is 36.4 Å². The smallest absolute Gasteiger partial charge is 0.335 e. The highest BCUT2D eigenvalue weighted by Crippen LogP contribution is 2.41. The largest absolute Gasteiger partial charge is 0.488 e. The van der Waals surface area contributed by atoms with Gasteiger partial charge in [-0.25, -0.2) is 9.78 Å². The van der Waals surface area contributed by atoms with Crippen LogP contribution in [0.2, 0.25) is 0 Å². The molecule has 2 unspecified atom stereocenters. The number of aromatic nitrogens is 1. The number of carboxylic acids is 1. The van der Waals surface area contributed by atoms with Gasteiger partial charge in [-0.3, -0.25) is 0 Å². The third-order valence-corrected chi connectivity index (χ3v) is 6.79. The summed E-state index contributed by atoms with van der Waals surface area (Å²) in [7, 11) is 0. The summed E-state index contributed by atoms with van der Waals surface area (Å²) >= 11 is 1.28. The Hall–Kier alpha value is -4.05. The summed E-state index contributed by atoms with van der Waals surface area (Å²) in [5, 5.41) is 29.3. The number of anilines is 1. The standard InChI is InChI=1S/C26H22N4O4S/c1-15(17-3-2-4-18(11-17)26(31)32)35-25-22(13-28)23(21(12-27)24(29)30-25)16-5-7-19(8-6-16)34-20-9-10-33-14-20/h2-8,11,15,20H,9-10,14H2,1H3,(H2,29,30)(H,31,32). The van der Waals surface area contributed by atoms with Crippen LogP contribution < -0.4 is 10.5 Å². The number of pyridine rings is 1. The molecule has 0 spiro atoms. The summed E-state index contributed by atoms with van der Waals surface area (Å²) in [5.74, 6) is -0.318. The number of nitrogen functional groups attached to an aromatic ring is 1. The lowest BCUT2D eigenvalue weighted by atomic mass is 9.97. The van der Waals surface area contributed by atoms with Crippen LogP contribution in [-0.4, -0.2) is 35.4 Å². The minimum absolute atomic E-state index is 0.00544. The van der Waals surface area contributed by atoms with Crippen molar-refractivity contribution in [1.82, 2.24) is 4.98 Å². The molecule has 3 aromatic rings. The van der Waals surface area contributed by atoms with Gasteiger partial charge in [-0.2, -0.15) is 10.5 Å². The number of hydrogen-bond acceptors (Lipinski definition) is 8. The SMILES string of the molecule is CC(Sc1nc(N)c(C#N)c(-c2ccc(OC3CCOC3)cc2)c1C#N)c1cccc(C(=O)O)c1. The van der Waals surface area contributed by atoms with E-state index >= 15 is 0 Å². The molecule has 1 saturated heterocycles. The second-order valence-corrected chi connectivity index (χ2v) is 9.30. The Morgan fingerprint density at radius 2 is 1.97 bits per heavy atom. The van der Waals surface area contributed by atoms with Crippen LogP contribution >= 0.6 is 11.8 Å². The molecule has 176 valence electrons. The van der Waals surface area contributed by atoms with E-state index in [2.05, 4.69) is 17.1 Å². The van der Waals surface area contributed by atoms with Gasteiger partial charge in [0, 0.05) is 17.2 Å². The summed E-state index contributed by atoms with van der Waals surface area (Å²) in [6.07, 6.45) is 0.833. The lowest BCUT2D eigenvalue weighted by molar-refractivity contribution is 0.0696. The summed E-state index contributed by atoms with van der Waals surface area (Å²) < 4.78 is 11.3. The van der Waals surface area contributed by atoms with E-state index in [4.69, 9.17) is 15.2 Å². The molecule has 2 atom stereocenters. The summed E-state index contributed by atoms with van der Waals surface area (Å²) in [5.41, 5.74) is 8.50. The van der Waals surface area contributed by atoms with Gasteiger partial charge in [0.15, 0.2) is 0 Å². The second-order valence-electron chi connectivity index (χ2n) is 7.97. The van der Waals surface area contributed by atoms with Gasteiger partial charge in [0.2, 0.25) is 0 Å². The molecule has 2 aromatic carbocycles. The number of nitrogens with zero attached hydrogens (tertiary/aromatic N) is 3. The van der Waals surface area contributed by atoms with Gasteiger partial charge in [-0.05, 0) is 42.3 Å². The number of aromatic carboxylic acids is 1. The molecule has 8 nitrogen and oxygen atoms in total. The normalized spacial score (nSPS) is 15.7. The van der Waals surface area contributed by atoms with E-state index in [1.165, 1.54) is 17.8 Å². The third kappa shape index (κ3) is 5.22. The van der Waals surface area contributed by atoms with Crippen molar-refractivity contribution in [3.63, 3.8) is 0 Å². The van der Waals surface area contributed by atoms with Crippen molar-refractivity contribution in [3.8, 4) is 29.0 Å². The zero-order valence-electron chi connectivity index (χ0n) is 18.9. The Labute approximate surface area is 206 Å². The highest BCUT2D eigenvalue weighted by molar-refractivity contribution is 7.99. The van der Waals surface area contributed by atoms with Crippen LogP contribution in [0.25, 0.3) is 11.1 Å². The third-order valence-electron chi connectivity index (χ3n) is 5.64. The molecular weight excluding hydrogens is 464 g/mol. The Bertz CT molecular complexity index is 1340. The zero-order valence-corrected chi connectivity index (χ0v) is 19.7. The first kappa shape index (κ1) is 24.1. The van der Waals surface area contributed by atoms with Crippen molar-refractivity contribution in [1.29, 1.82) is 10.5 Å². The Kier molecular flexibility index (Phi) is 7.21. The lowest BCUT2D eigenvalue weighted by Crippen LogP contribution is -2.15. The van der Waals surface area contributed by atoms with E-state index in [1.807, 2.05) is 13.0 Å². The number of hydrogen-bond donors (Lipinski definition) is 2. The van der Waals surface area contributed by atoms with E-state index in [0.717, 1.165) is 12.0 Å². The fourth-order valence-electron chi connectivity index (χ4n) is 3.83. The molecule has 0 saturated carbocycles. The van der Waals surface area contributed by atoms with Crippen LogP contribution in [0.3, 0.4) is 0 Å². The predicted octanol–water partition coefficient (Wildman–Crippen LogP) is 4.79. The van der Waals surface area contributed by atoms with Gasteiger partial charge >= 0.3 is 5.97 Å². The molecule has 1 aromatic heterocycles. The number of carbonyl (C=O) groups is 1. The van der Waals surface area contributed by atoms with Crippen molar-refractivity contribution in [2.75, 3.05) is 18.9 Å². The predicted molar refractivity (Wildman–Crippen MR) is 131 cm³/mol. The minimum atomic E-state index is -1.02. The van der Waals surface area contributed by atoms with Crippen molar-refractivity contribution >= 4 is 23.5 Å². The van der Waals surface area contributed by atoms with Crippen LogP contribution in [0, 0.1) is 22.7 Å². The van der Waals surface area contributed by atoms with E-state index in [-0.39, 0.29) is 33.9 Å². The maximum atomic E-state index is 11.3. The molecule has 0 bridgehead atoms. The van der Waals surface area contributed by atoms with Gasteiger partial charge in [0.25, 0.3) is 0 Å². The molecule has 1 aliphatic rings. The molecule has 0 radical (unpaired) electrons. The number of ether oxygens (including phenoxy) is 2. The topological polar surface area (TPSA) is 142 Å². The van der Waals surface area contributed by atoms with Crippen molar-refractivity contribution < 1.29 is 19.4 Å². The molecule has 4 rings (SSSR count). The summed E-state index contributed by atoms with van der Waals surface area (Å²) in [6, 6.07) is 18.0. The first-order chi connectivity index (χ1) is 16.9. The highest BCUT2D eigenvalue weighted by Gasteiger charge is 2.23. The van der Waals surface area contributed by atoms with Gasteiger partial charge in [-0.15, -0.1) is 0 Å². The Morgan fingerprint density at radius 3 is 2.60 bits per heavy atom. The molecule has 1 aliphatic heterocycles. The minimum Gasteiger partial charge on any atom is -0.488 e. The number of rotatable bonds is 7. The van der Waals surface area contributed by atoms with Gasteiger partial charge in [-0.1, -0.05) is 36.0 Å². The highest BCUT2D eigenvalue weighted by atomic mass is 32.2. The van der Waals surface area contributed by atoms with Crippen molar-refractivity contribution in [2.24, 2.45) is 0 Å². The number of thioether (sulfide) groups is 1. The number of benzene rings is 2. The van der Waals surface area contributed by atoms with Crippen LogP contribution in [-0.2, 0) is 4.74 Å². The van der Waals surface area contributed by atoms with Crippen LogP contribution in [0.4, 0.5) is 5.82 Å². The van der Waals surface area contributed by atoms with Crippen molar-refractivity contribution in [3.05, 3.63) is 70.8 Å². The number of nitrogens with two attached hydrogens (primary N) is 1. The van der Waals surface area contributed by atoms with Gasteiger partial charge < -0.3 is 20.3 Å². The Morgan fingerprint density at radius 1 is 1.23 bits per heavy atom. The van der Waals surface area contributed by atoms with Crippen molar-refractivity contribution in [2.45, 2.75) is 29.7 Å². The molecule has 0 amide bonds. The molecule has 9 heteroatoms. The number of carboxylic acid groups (broad SMARTS) is 1. The molecule has 35 heavy (non-hydrogen) atoms. The average Bonchev–Trinajstić information content (AvgIpc) is 3.37. The monoisotopic (exact) mass is 486 g/mol. The quantitative estimate of drug-likeness (QED) is 0.450. The summed E-state index contributed by atoms with van der Waals surface area (Å²) in [4.78, 5) is 15.7. The average molecular weight is 487 g/mol. The first-order valence-electron chi connectivity index (χ1n) is 10.9. The van der Waals surface area contributed by atoms with Crippen LogP contribution in [0.15, 0.2) is 53.6 Å². The van der Waals surface area contributed by atoms with Gasteiger partial charge in [0.1, 0.15) is 40.4 Å². The molecule has 0 aliphatic carbocycles. The molecule has 1 fully saturated rings. The van der Waals surface area contributed by atoms with E-state index in [0.29, 0.717) is 35.1 Å². The van der Waals surface area contributed by atoms with Gasteiger partial charge in [0.05, 0.1) is 24.3 Å². The fourth-order valence-corrected chi connectivity index (χ4v) is 4.86. The van der Waals surface area contributed by atoms with E-state index in [9.17, 15) is 20.4 Å². The van der Waals surface area contributed by atoms with Crippen LogP contribution in [0.1, 0.15) is 45.6 Å². The fraction of sp³-hybridized carbons (Fsp3) is 0.231. The van der Waals surface area contributed by atoms with E-state index < -0.39 is 5.97 Å².